The summed E-state index contributed by atoms with van der Waals surface area (Å²) in [5, 5.41) is 3.04. The van der Waals surface area contributed by atoms with Gasteiger partial charge in [-0.3, -0.25) is 19.4 Å². The molecule has 6 heteroatoms. The van der Waals surface area contributed by atoms with Crippen molar-refractivity contribution in [2.45, 2.75) is 26.3 Å². The Morgan fingerprint density at radius 2 is 1.52 bits per heavy atom. The molecule has 1 aliphatic rings. The van der Waals surface area contributed by atoms with Crippen LogP contribution in [0.4, 0.5) is 5.69 Å². The summed E-state index contributed by atoms with van der Waals surface area (Å²) in [7, 11) is 1.87. The van der Waals surface area contributed by atoms with E-state index in [4.69, 9.17) is 0 Å². The van der Waals surface area contributed by atoms with E-state index >= 15 is 0 Å². The number of rotatable bonds is 8. The fourth-order valence-electron chi connectivity index (χ4n) is 3.92. The Morgan fingerprint density at radius 3 is 2.16 bits per heavy atom. The van der Waals surface area contributed by atoms with Crippen molar-refractivity contribution >= 4 is 17.5 Å². The van der Waals surface area contributed by atoms with E-state index in [9.17, 15) is 9.59 Å². The molecule has 1 atom stereocenters. The van der Waals surface area contributed by atoms with Crippen molar-refractivity contribution in [2.24, 2.45) is 0 Å². The van der Waals surface area contributed by atoms with Crippen molar-refractivity contribution in [3.8, 4) is 0 Å². The number of nitrogens with zero attached hydrogens (tertiary/aromatic N) is 3. The largest absolute Gasteiger partial charge is 0.338 e. The van der Waals surface area contributed by atoms with Crippen LogP contribution in [0.3, 0.4) is 0 Å². The van der Waals surface area contributed by atoms with Crippen LogP contribution < -0.4 is 5.32 Å². The molecule has 2 aromatic rings. The highest BCUT2D eigenvalue weighted by Crippen LogP contribution is 2.19. The van der Waals surface area contributed by atoms with Crippen LogP contribution in [0.1, 0.15) is 31.0 Å². The van der Waals surface area contributed by atoms with Crippen LogP contribution in [0.25, 0.3) is 0 Å². The number of hydrogen-bond acceptors (Lipinski definition) is 4. The Kier molecular flexibility index (Phi) is 8.20. The van der Waals surface area contributed by atoms with Crippen molar-refractivity contribution in [1.29, 1.82) is 0 Å². The summed E-state index contributed by atoms with van der Waals surface area (Å²) in [5.41, 5.74) is 3.18. The van der Waals surface area contributed by atoms with Gasteiger partial charge in [0.05, 0.1) is 19.1 Å². The van der Waals surface area contributed by atoms with Gasteiger partial charge in [0.2, 0.25) is 11.8 Å². The van der Waals surface area contributed by atoms with Crippen molar-refractivity contribution in [1.82, 2.24) is 14.7 Å². The number of para-hydroxylation sites is 1. The molecule has 1 N–H and O–H groups in total. The van der Waals surface area contributed by atoms with Crippen molar-refractivity contribution in [2.75, 3.05) is 51.6 Å². The number of anilines is 1. The second kappa shape index (κ2) is 11.1. The zero-order valence-electron chi connectivity index (χ0n) is 18.9. The summed E-state index contributed by atoms with van der Waals surface area (Å²) in [6.07, 6.45) is 0.889. The number of benzene rings is 2. The van der Waals surface area contributed by atoms with E-state index in [1.807, 2.05) is 54.4 Å². The first-order valence-corrected chi connectivity index (χ1v) is 11.1. The first kappa shape index (κ1) is 23.0. The van der Waals surface area contributed by atoms with Crippen molar-refractivity contribution < 1.29 is 9.59 Å². The Balaban J connectivity index is 1.43. The van der Waals surface area contributed by atoms with Gasteiger partial charge in [-0.2, -0.15) is 0 Å². The van der Waals surface area contributed by atoms with Crippen LogP contribution >= 0.6 is 0 Å². The fourth-order valence-corrected chi connectivity index (χ4v) is 3.92. The predicted molar refractivity (Wildman–Crippen MR) is 125 cm³/mol. The molecule has 0 bridgehead atoms. The summed E-state index contributed by atoms with van der Waals surface area (Å²) in [6, 6.07) is 18.1. The maximum absolute atomic E-state index is 12.8. The van der Waals surface area contributed by atoms with E-state index in [1.54, 1.807) is 0 Å². The standard InChI is InChI=1S/C25H34N4O2/c1-4-21-10-8-9-13-23(21)26-24(30)18-28-14-16-29(17-15-28)19-25(31)27(3)20(2)22-11-6-5-7-12-22/h5-13,20H,4,14-19H2,1-3H3,(H,26,30)/t20-/m1/s1. The maximum atomic E-state index is 12.8. The molecule has 1 aliphatic heterocycles. The van der Waals surface area contributed by atoms with Crippen LogP contribution in [0.15, 0.2) is 54.6 Å². The summed E-state index contributed by atoms with van der Waals surface area (Å²) < 4.78 is 0. The number of likely N-dealkylation sites (N-methyl/N-ethyl adjacent to an activating group) is 1. The number of carbonyl (C=O) groups excluding carboxylic acids is 2. The molecule has 1 heterocycles. The van der Waals surface area contributed by atoms with E-state index in [2.05, 4.69) is 41.1 Å². The van der Waals surface area contributed by atoms with Crippen molar-refractivity contribution in [3.05, 3.63) is 65.7 Å². The minimum atomic E-state index is 0.0156. The van der Waals surface area contributed by atoms with Gasteiger partial charge in [0.1, 0.15) is 0 Å². The zero-order valence-corrected chi connectivity index (χ0v) is 18.9. The van der Waals surface area contributed by atoms with Gasteiger partial charge < -0.3 is 10.2 Å². The van der Waals surface area contributed by atoms with Crippen LogP contribution in [0.5, 0.6) is 0 Å². The Bertz CT molecular complexity index is 863. The predicted octanol–water partition coefficient (Wildman–Crippen LogP) is 3.02. The third kappa shape index (κ3) is 6.39. The van der Waals surface area contributed by atoms with Crippen molar-refractivity contribution in [3.63, 3.8) is 0 Å². The number of amides is 2. The summed E-state index contributed by atoms with van der Waals surface area (Å²) >= 11 is 0. The second-order valence-electron chi connectivity index (χ2n) is 8.20. The van der Waals surface area contributed by atoms with Crippen LogP contribution in [0, 0.1) is 0 Å². The van der Waals surface area contributed by atoms with Crippen LogP contribution in [0.2, 0.25) is 0 Å². The highest BCUT2D eigenvalue weighted by atomic mass is 16.2. The lowest BCUT2D eigenvalue weighted by Crippen LogP contribution is -2.51. The molecule has 0 radical (unpaired) electrons. The Hall–Kier alpha value is -2.70. The Morgan fingerprint density at radius 1 is 0.935 bits per heavy atom. The average Bonchev–Trinajstić information content (AvgIpc) is 2.80. The lowest BCUT2D eigenvalue weighted by atomic mass is 10.1. The molecular weight excluding hydrogens is 388 g/mol. The van der Waals surface area contributed by atoms with Gasteiger partial charge in [-0.05, 0) is 30.5 Å². The lowest BCUT2D eigenvalue weighted by molar-refractivity contribution is -0.133. The molecule has 31 heavy (non-hydrogen) atoms. The van der Waals surface area contributed by atoms with Gasteiger partial charge >= 0.3 is 0 Å². The quantitative estimate of drug-likeness (QED) is 0.711. The van der Waals surface area contributed by atoms with E-state index in [-0.39, 0.29) is 17.9 Å². The first-order valence-electron chi connectivity index (χ1n) is 11.1. The number of piperazine rings is 1. The topological polar surface area (TPSA) is 55.9 Å². The second-order valence-corrected chi connectivity index (χ2v) is 8.20. The fraction of sp³-hybridized carbons (Fsp3) is 0.440. The molecule has 1 fully saturated rings. The van der Waals surface area contributed by atoms with Gasteiger partial charge in [0, 0.05) is 38.9 Å². The molecule has 0 saturated carbocycles. The molecule has 6 nitrogen and oxygen atoms in total. The highest BCUT2D eigenvalue weighted by Gasteiger charge is 2.24. The molecule has 0 spiro atoms. The van der Waals surface area contributed by atoms with E-state index in [0.717, 1.165) is 49.4 Å². The molecule has 1 saturated heterocycles. The van der Waals surface area contributed by atoms with E-state index in [0.29, 0.717) is 13.1 Å². The molecule has 0 aliphatic carbocycles. The van der Waals surface area contributed by atoms with Gasteiger partial charge in [-0.15, -0.1) is 0 Å². The third-order valence-electron chi connectivity index (χ3n) is 6.12. The molecule has 166 valence electrons. The van der Waals surface area contributed by atoms with Gasteiger partial charge in [-0.25, -0.2) is 0 Å². The van der Waals surface area contributed by atoms with Crippen LogP contribution in [-0.2, 0) is 16.0 Å². The van der Waals surface area contributed by atoms with Gasteiger partial charge in [0.15, 0.2) is 0 Å². The molecule has 2 amide bonds. The number of aryl methyl sites for hydroxylation is 1. The number of hydrogen-bond donors (Lipinski definition) is 1. The monoisotopic (exact) mass is 422 g/mol. The average molecular weight is 423 g/mol. The summed E-state index contributed by atoms with van der Waals surface area (Å²) in [4.78, 5) is 31.4. The zero-order chi connectivity index (χ0) is 22.2. The van der Waals surface area contributed by atoms with Crippen LogP contribution in [-0.4, -0.2) is 72.8 Å². The smallest absolute Gasteiger partial charge is 0.238 e. The normalized spacial score (nSPS) is 16.0. The molecule has 3 rings (SSSR count). The number of carbonyl (C=O) groups is 2. The van der Waals surface area contributed by atoms with E-state index < -0.39 is 0 Å². The number of nitrogens with one attached hydrogen (secondary N) is 1. The summed E-state index contributed by atoms with van der Waals surface area (Å²) in [6.45, 7) is 8.09. The van der Waals surface area contributed by atoms with Gasteiger partial charge in [-0.1, -0.05) is 55.5 Å². The first-order chi connectivity index (χ1) is 15.0. The molecular formula is C25H34N4O2. The maximum Gasteiger partial charge on any atom is 0.238 e. The SMILES string of the molecule is CCc1ccccc1NC(=O)CN1CCN(CC(=O)N(C)[C@H](C)c2ccccc2)CC1. The minimum absolute atomic E-state index is 0.0156. The third-order valence-corrected chi connectivity index (χ3v) is 6.12. The van der Waals surface area contributed by atoms with Gasteiger partial charge in [0.25, 0.3) is 0 Å². The summed E-state index contributed by atoms with van der Waals surface area (Å²) in [5.74, 6) is 0.139. The molecule has 0 unspecified atom stereocenters. The highest BCUT2D eigenvalue weighted by molar-refractivity contribution is 5.93. The Labute approximate surface area is 185 Å². The molecule has 2 aromatic carbocycles. The molecule has 0 aromatic heterocycles. The minimum Gasteiger partial charge on any atom is -0.338 e. The lowest BCUT2D eigenvalue weighted by Gasteiger charge is -2.35. The van der Waals surface area contributed by atoms with E-state index in [1.165, 1.54) is 0 Å².